The van der Waals surface area contributed by atoms with Crippen molar-refractivity contribution in [2.75, 3.05) is 0 Å². The Morgan fingerprint density at radius 3 is 1.89 bits per heavy atom. The molecule has 1 aliphatic carbocycles. The molecule has 5 heteroatoms. The Morgan fingerprint density at radius 2 is 1.27 bits per heavy atom. The maximum atomic E-state index is 4.88. The van der Waals surface area contributed by atoms with Crippen molar-refractivity contribution in [2.45, 2.75) is 123 Å². The van der Waals surface area contributed by atoms with Gasteiger partial charge in [-0.1, -0.05) is 138 Å². The standard InChI is InChI=1S/C39H49N4.Ir/c1-5-7-9-11-13-17-25-39(26-18-14-12-10-8-6-2)35-20-16-15-19-33(35)34-23-21-31(27-36(34)39)37-24-22-32(28-40-37)38-42-29(3)41-30(4)43-38;/h15-16,19-20,22-24,27-28H,5-14,17-18,25-26H2,1-4H3;/q-1;. The van der Waals surface area contributed by atoms with Crippen LogP contribution in [0, 0.1) is 19.9 Å². The molecule has 1 aliphatic rings. The summed E-state index contributed by atoms with van der Waals surface area (Å²) in [5, 5.41) is 0. The number of fused-ring (bicyclic) bond motifs is 3. The van der Waals surface area contributed by atoms with Crippen molar-refractivity contribution in [2.24, 2.45) is 0 Å². The van der Waals surface area contributed by atoms with Gasteiger partial charge in [-0.3, -0.25) is 0 Å². The van der Waals surface area contributed by atoms with E-state index >= 15 is 0 Å². The molecule has 0 amide bonds. The summed E-state index contributed by atoms with van der Waals surface area (Å²) in [4.78, 5) is 18.3. The van der Waals surface area contributed by atoms with Crippen molar-refractivity contribution in [1.29, 1.82) is 0 Å². The van der Waals surface area contributed by atoms with Crippen LogP contribution < -0.4 is 0 Å². The fraction of sp³-hybridized carbons (Fsp3) is 0.487. The van der Waals surface area contributed by atoms with Crippen molar-refractivity contribution in [3.05, 3.63) is 83.6 Å². The molecule has 0 atom stereocenters. The Morgan fingerprint density at radius 1 is 0.659 bits per heavy atom. The van der Waals surface area contributed by atoms with Gasteiger partial charge in [0.2, 0.25) is 0 Å². The molecule has 4 nitrogen and oxygen atoms in total. The molecule has 0 aliphatic heterocycles. The fourth-order valence-electron chi connectivity index (χ4n) is 7.05. The normalized spacial score (nSPS) is 12.9. The average molecular weight is 766 g/mol. The summed E-state index contributed by atoms with van der Waals surface area (Å²) in [5.74, 6) is 2.13. The summed E-state index contributed by atoms with van der Waals surface area (Å²) in [6.07, 6.45) is 20.2. The third-order valence-corrected chi connectivity index (χ3v) is 9.27. The van der Waals surface area contributed by atoms with Crippen LogP contribution in [0.3, 0.4) is 0 Å². The van der Waals surface area contributed by atoms with E-state index in [2.05, 4.69) is 83.4 Å². The van der Waals surface area contributed by atoms with E-state index in [9.17, 15) is 0 Å². The molecule has 2 aromatic carbocycles. The van der Waals surface area contributed by atoms with Crippen LogP contribution in [0.15, 0.2) is 54.7 Å². The zero-order chi connectivity index (χ0) is 30.1. The van der Waals surface area contributed by atoms with Crippen LogP contribution in [0.25, 0.3) is 33.8 Å². The smallest absolute Gasteiger partial charge is 0.164 e. The molecular formula is C39H49IrN4-. The minimum atomic E-state index is 0. The monoisotopic (exact) mass is 766 g/mol. The molecule has 0 saturated carbocycles. The van der Waals surface area contributed by atoms with Gasteiger partial charge in [0.25, 0.3) is 0 Å². The number of hydrogen-bond acceptors (Lipinski definition) is 4. The van der Waals surface area contributed by atoms with E-state index in [4.69, 9.17) is 4.98 Å². The predicted molar refractivity (Wildman–Crippen MR) is 179 cm³/mol. The van der Waals surface area contributed by atoms with Gasteiger partial charge in [-0.25, -0.2) is 15.0 Å². The maximum Gasteiger partial charge on any atom is 0.164 e. The molecule has 1 radical (unpaired) electrons. The van der Waals surface area contributed by atoms with Gasteiger partial charge in [-0.05, 0) is 37.9 Å². The molecule has 44 heavy (non-hydrogen) atoms. The van der Waals surface area contributed by atoms with Gasteiger partial charge in [-0.15, -0.1) is 29.3 Å². The molecule has 0 N–H and O–H groups in total. The van der Waals surface area contributed by atoms with E-state index in [0.717, 1.165) is 28.5 Å². The molecule has 2 heterocycles. The quantitative estimate of drug-likeness (QED) is 0.0842. The number of nitrogens with zero attached hydrogens (tertiary/aromatic N) is 4. The maximum absolute atomic E-state index is 4.88. The van der Waals surface area contributed by atoms with Gasteiger partial charge in [-0.2, -0.15) is 0 Å². The van der Waals surface area contributed by atoms with Crippen LogP contribution in [0.5, 0.6) is 0 Å². The van der Waals surface area contributed by atoms with Gasteiger partial charge in [0.15, 0.2) is 5.82 Å². The second kappa shape index (κ2) is 16.5. The minimum Gasteiger partial charge on any atom is -0.304 e. The average Bonchev–Trinajstić information content (AvgIpc) is 3.29. The van der Waals surface area contributed by atoms with E-state index in [1.165, 1.54) is 112 Å². The second-order valence-corrected chi connectivity index (χ2v) is 12.5. The van der Waals surface area contributed by atoms with Crippen LogP contribution in [0.4, 0.5) is 0 Å². The van der Waals surface area contributed by atoms with E-state index in [1.807, 2.05) is 20.0 Å². The zero-order valence-corrected chi connectivity index (χ0v) is 29.6. The van der Waals surface area contributed by atoms with Crippen LogP contribution in [-0.4, -0.2) is 19.9 Å². The molecule has 235 valence electrons. The van der Waals surface area contributed by atoms with Crippen LogP contribution in [-0.2, 0) is 25.5 Å². The minimum absolute atomic E-state index is 0. The molecule has 0 fully saturated rings. The molecule has 2 aromatic heterocycles. The predicted octanol–water partition coefficient (Wildman–Crippen LogP) is 10.8. The van der Waals surface area contributed by atoms with Crippen LogP contribution >= 0.6 is 0 Å². The van der Waals surface area contributed by atoms with E-state index in [0.29, 0.717) is 5.82 Å². The summed E-state index contributed by atoms with van der Waals surface area (Å²) in [5.41, 5.74) is 8.76. The third-order valence-electron chi connectivity index (χ3n) is 9.27. The second-order valence-electron chi connectivity index (χ2n) is 12.5. The molecule has 4 aromatic rings. The first kappa shape index (κ1) is 34.1. The molecule has 0 bridgehead atoms. The number of aromatic nitrogens is 4. The van der Waals surface area contributed by atoms with Gasteiger partial charge in [0, 0.05) is 37.3 Å². The first-order valence-electron chi connectivity index (χ1n) is 16.9. The van der Waals surface area contributed by atoms with E-state index < -0.39 is 0 Å². The number of benzene rings is 2. The Hall–Kier alpha value is -2.75. The molecule has 0 saturated heterocycles. The Kier molecular flexibility index (Phi) is 12.8. The third kappa shape index (κ3) is 7.90. The number of unbranched alkanes of at least 4 members (excludes halogenated alkanes) is 10. The summed E-state index contributed by atoms with van der Waals surface area (Å²) < 4.78 is 0. The number of rotatable bonds is 16. The van der Waals surface area contributed by atoms with Gasteiger partial charge in [0.05, 0.1) is 0 Å². The Bertz CT molecular complexity index is 1440. The summed E-state index contributed by atoms with van der Waals surface area (Å²) >= 11 is 0. The van der Waals surface area contributed by atoms with Crippen molar-refractivity contribution < 1.29 is 20.1 Å². The van der Waals surface area contributed by atoms with Crippen LogP contribution in [0.1, 0.15) is 127 Å². The number of hydrogen-bond donors (Lipinski definition) is 0. The number of pyridine rings is 1. The summed E-state index contributed by atoms with van der Waals surface area (Å²) in [6, 6.07) is 21.6. The van der Waals surface area contributed by atoms with Crippen molar-refractivity contribution in [3.8, 4) is 33.8 Å². The zero-order valence-electron chi connectivity index (χ0n) is 27.2. The molecule has 0 spiro atoms. The van der Waals surface area contributed by atoms with Gasteiger partial charge < -0.3 is 4.98 Å². The largest absolute Gasteiger partial charge is 0.304 e. The Labute approximate surface area is 279 Å². The SMILES string of the molecule is CCCCCCCCC1(CCCCCCCC)c2ccccc2-c2c[c-]c(-c3ccc(-c4nc(C)nc(C)n4)cn3)cc21.[Ir]. The summed E-state index contributed by atoms with van der Waals surface area (Å²) in [6.45, 7) is 8.40. The number of aryl methyl sites for hydroxylation is 2. The first-order valence-corrected chi connectivity index (χ1v) is 16.9. The van der Waals surface area contributed by atoms with Gasteiger partial charge in [0.1, 0.15) is 11.6 Å². The molecule has 0 unspecified atom stereocenters. The topological polar surface area (TPSA) is 51.6 Å². The van der Waals surface area contributed by atoms with E-state index in [1.54, 1.807) is 0 Å². The molecular weight excluding hydrogens is 717 g/mol. The van der Waals surface area contributed by atoms with Crippen molar-refractivity contribution >= 4 is 0 Å². The fourth-order valence-corrected chi connectivity index (χ4v) is 7.05. The summed E-state index contributed by atoms with van der Waals surface area (Å²) in [7, 11) is 0. The van der Waals surface area contributed by atoms with Crippen LogP contribution in [0.2, 0.25) is 0 Å². The first-order chi connectivity index (χ1) is 21.1. The van der Waals surface area contributed by atoms with Crippen molar-refractivity contribution in [3.63, 3.8) is 0 Å². The van der Waals surface area contributed by atoms with Crippen molar-refractivity contribution in [1.82, 2.24) is 19.9 Å². The van der Waals surface area contributed by atoms with Gasteiger partial charge >= 0.3 is 0 Å². The van der Waals surface area contributed by atoms with E-state index in [-0.39, 0.29) is 25.5 Å². The Balaban J connectivity index is 0.00000442. The molecule has 5 rings (SSSR count).